The number of ether oxygens (including phenoxy) is 1. The summed E-state index contributed by atoms with van der Waals surface area (Å²) in [5.74, 6) is 0.685. The van der Waals surface area contributed by atoms with Crippen molar-refractivity contribution in [2.24, 2.45) is 5.92 Å². The molecule has 7 nitrogen and oxygen atoms in total. The summed E-state index contributed by atoms with van der Waals surface area (Å²) in [5, 5.41) is 13.8. The molecule has 0 amide bonds. The topological polar surface area (TPSA) is 90.2 Å². The number of aromatic nitrogens is 2. The van der Waals surface area contributed by atoms with Crippen LogP contribution in [-0.2, 0) is 0 Å². The second kappa shape index (κ2) is 5.97. The maximum atomic E-state index is 10.9. The lowest BCUT2D eigenvalue weighted by Gasteiger charge is -2.08. The summed E-state index contributed by atoms with van der Waals surface area (Å²) in [6, 6.07) is 0. The van der Waals surface area contributed by atoms with E-state index in [0.29, 0.717) is 12.5 Å². The fourth-order valence-electron chi connectivity index (χ4n) is 1.29. The van der Waals surface area contributed by atoms with Gasteiger partial charge in [-0.1, -0.05) is 13.8 Å². The summed E-state index contributed by atoms with van der Waals surface area (Å²) in [7, 11) is 1.34. The van der Waals surface area contributed by atoms with Crippen LogP contribution in [0.5, 0.6) is 5.88 Å². The van der Waals surface area contributed by atoms with Gasteiger partial charge in [0.25, 0.3) is 5.88 Å². The Morgan fingerprint density at radius 2 is 2.24 bits per heavy atom. The van der Waals surface area contributed by atoms with Gasteiger partial charge in [-0.3, -0.25) is 10.1 Å². The summed E-state index contributed by atoms with van der Waals surface area (Å²) >= 11 is 0. The molecule has 0 aliphatic carbocycles. The van der Waals surface area contributed by atoms with E-state index in [9.17, 15) is 10.1 Å². The van der Waals surface area contributed by atoms with Crippen molar-refractivity contribution in [3.63, 3.8) is 0 Å². The lowest BCUT2D eigenvalue weighted by Crippen LogP contribution is -2.09. The number of methoxy groups -OCH3 is 1. The Kier molecular flexibility index (Phi) is 4.62. The van der Waals surface area contributed by atoms with E-state index >= 15 is 0 Å². The largest absolute Gasteiger partial charge is 0.476 e. The second-order valence-electron chi connectivity index (χ2n) is 3.95. The van der Waals surface area contributed by atoms with Gasteiger partial charge in [-0.25, -0.2) is 4.98 Å². The van der Waals surface area contributed by atoms with Crippen LogP contribution in [0.1, 0.15) is 20.3 Å². The van der Waals surface area contributed by atoms with E-state index in [0.717, 1.165) is 6.42 Å². The Hall–Kier alpha value is -1.92. The third kappa shape index (κ3) is 3.54. The Balaban J connectivity index is 2.87. The zero-order valence-electron chi connectivity index (χ0n) is 10.1. The standard InChI is InChI=1S/C10H16N4O3/c1-7(2)4-5-11-9-8(14(15)16)10(17-3)13-6-12-9/h6-7H,4-5H2,1-3H3,(H,11,12,13). The molecule has 1 aromatic heterocycles. The number of hydrogen-bond acceptors (Lipinski definition) is 6. The molecule has 0 spiro atoms. The molecule has 1 N–H and O–H groups in total. The van der Waals surface area contributed by atoms with Crippen molar-refractivity contribution in [3.05, 3.63) is 16.4 Å². The van der Waals surface area contributed by atoms with Crippen LogP contribution in [-0.4, -0.2) is 28.5 Å². The number of nitrogens with zero attached hydrogens (tertiary/aromatic N) is 3. The van der Waals surface area contributed by atoms with Crippen molar-refractivity contribution in [1.82, 2.24) is 9.97 Å². The zero-order chi connectivity index (χ0) is 12.8. The predicted octanol–water partition coefficient (Wildman–Crippen LogP) is 1.85. The van der Waals surface area contributed by atoms with E-state index in [1.807, 2.05) is 0 Å². The quantitative estimate of drug-likeness (QED) is 0.602. The molecule has 0 saturated carbocycles. The van der Waals surface area contributed by atoms with Crippen molar-refractivity contribution in [3.8, 4) is 5.88 Å². The summed E-state index contributed by atoms with van der Waals surface area (Å²) in [5.41, 5.74) is -0.223. The second-order valence-corrected chi connectivity index (χ2v) is 3.95. The molecule has 0 aliphatic rings. The van der Waals surface area contributed by atoms with Gasteiger partial charge in [0.05, 0.1) is 12.0 Å². The third-order valence-corrected chi connectivity index (χ3v) is 2.18. The summed E-state index contributed by atoms with van der Waals surface area (Å²) in [6.45, 7) is 4.78. The number of nitro groups is 1. The fourth-order valence-corrected chi connectivity index (χ4v) is 1.29. The number of rotatable bonds is 6. The SMILES string of the molecule is COc1ncnc(NCCC(C)C)c1[N+](=O)[O-]. The minimum atomic E-state index is -0.545. The molecule has 7 heteroatoms. The lowest BCUT2D eigenvalue weighted by molar-refractivity contribution is -0.385. The number of hydrogen-bond donors (Lipinski definition) is 1. The normalized spacial score (nSPS) is 10.4. The maximum Gasteiger partial charge on any atom is 0.372 e. The molecule has 0 aliphatic heterocycles. The minimum absolute atomic E-state index is 0.0305. The average Bonchev–Trinajstić information content (AvgIpc) is 2.27. The van der Waals surface area contributed by atoms with E-state index in [1.54, 1.807) is 0 Å². The fraction of sp³-hybridized carbons (Fsp3) is 0.600. The van der Waals surface area contributed by atoms with Crippen molar-refractivity contribution in [1.29, 1.82) is 0 Å². The maximum absolute atomic E-state index is 10.9. The highest BCUT2D eigenvalue weighted by atomic mass is 16.6. The van der Waals surface area contributed by atoms with Crippen molar-refractivity contribution >= 4 is 11.5 Å². The van der Waals surface area contributed by atoms with Gasteiger partial charge in [0.15, 0.2) is 0 Å². The van der Waals surface area contributed by atoms with Crippen LogP contribution >= 0.6 is 0 Å². The molecule has 0 fully saturated rings. The molecule has 0 saturated heterocycles. The van der Waals surface area contributed by atoms with Crippen molar-refractivity contribution < 1.29 is 9.66 Å². The van der Waals surface area contributed by atoms with Crippen LogP contribution in [0, 0.1) is 16.0 Å². The average molecular weight is 240 g/mol. The van der Waals surface area contributed by atoms with Gasteiger partial charge in [-0.2, -0.15) is 4.98 Å². The molecular formula is C10H16N4O3. The van der Waals surface area contributed by atoms with Crippen LogP contribution in [0.4, 0.5) is 11.5 Å². The van der Waals surface area contributed by atoms with E-state index in [1.165, 1.54) is 13.4 Å². The Bertz CT molecular complexity index is 395. The van der Waals surface area contributed by atoms with Gasteiger partial charge >= 0.3 is 5.69 Å². The van der Waals surface area contributed by atoms with Crippen LogP contribution in [0.3, 0.4) is 0 Å². The Morgan fingerprint density at radius 3 is 2.76 bits per heavy atom. The summed E-state index contributed by atoms with van der Waals surface area (Å²) in [6.07, 6.45) is 2.15. The number of nitrogens with one attached hydrogen (secondary N) is 1. The van der Waals surface area contributed by atoms with Crippen LogP contribution < -0.4 is 10.1 Å². The molecule has 17 heavy (non-hydrogen) atoms. The molecule has 1 rings (SSSR count). The summed E-state index contributed by atoms with van der Waals surface area (Å²) < 4.78 is 4.84. The van der Waals surface area contributed by atoms with E-state index in [4.69, 9.17) is 4.74 Å². The molecule has 0 unspecified atom stereocenters. The molecule has 0 radical (unpaired) electrons. The first-order valence-electron chi connectivity index (χ1n) is 5.33. The molecule has 0 atom stereocenters. The van der Waals surface area contributed by atoms with Crippen LogP contribution in [0.25, 0.3) is 0 Å². The first-order valence-corrected chi connectivity index (χ1v) is 5.33. The highest BCUT2D eigenvalue weighted by Gasteiger charge is 2.23. The van der Waals surface area contributed by atoms with Crippen molar-refractivity contribution in [2.45, 2.75) is 20.3 Å². The number of anilines is 1. The van der Waals surface area contributed by atoms with Gasteiger partial charge in [0.1, 0.15) is 6.33 Å². The van der Waals surface area contributed by atoms with Gasteiger partial charge in [0, 0.05) is 6.54 Å². The van der Waals surface area contributed by atoms with Gasteiger partial charge in [-0.15, -0.1) is 0 Å². The molecule has 1 aromatic rings. The van der Waals surface area contributed by atoms with Crippen molar-refractivity contribution in [2.75, 3.05) is 19.0 Å². The highest BCUT2D eigenvalue weighted by molar-refractivity contribution is 5.60. The van der Waals surface area contributed by atoms with Gasteiger partial charge < -0.3 is 10.1 Å². The lowest BCUT2D eigenvalue weighted by atomic mass is 10.1. The van der Waals surface area contributed by atoms with Gasteiger partial charge in [0.2, 0.25) is 5.82 Å². The Morgan fingerprint density at radius 1 is 1.53 bits per heavy atom. The smallest absolute Gasteiger partial charge is 0.372 e. The third-order valence-electron chi connectivity index (χ3n) is 2.18. The first-order chi connectivity index (χ1) is 8.06. The van der Waals surface area contributed by atoms with Crippen LogP contribution in [0.15, 0.2) is 6.33 Å². The molecule has 94 valence electrons. The van der Waals surface area contributed by atoms with E-state index in [-0.39, 0.29) is 17.4 Å². The minimum Gasteiger partial charge on any atom is -0.476 e. The van der Waals surface area contributed by atoms with E-state index < -0.39 is 4.92 Å². The highest BCUT2D eigenvalue weighted by Crippen LogP contribution is 2.30. The molecular weight excluding hydrogens is 224 g/mol. The predicted molar refractivity (Wildman–Crippen MR) is 63.2 cm³/mol. The summed E-state index contributed by atoms with van der Waals surface area (Å²) in [4.78, 5) is 17.9. The molecule has 0 aromatic carbocycles. The van der Waals surface area contributed by atoms with Crippen LogP contribution in [0.2, 0.25) is 0 Å². The molecule has 1 heterocycles. The monoisotopic (exact) mass is 240 g/mol. The van der Waals surface area contributed by atoms with E-state index in [2.05, 4.69) is 29.1 Å². The van der Waals surface area contributed by atoms with Gasteiger partial charge in [-0.05, 0) is 12.3 Å². The Labute approximate surface area is 99.4 Å². The molecule has 0 bridgehead atoms. The zero-order valence-corrected chi connectivity index (χ0v) is 10.1. The first kappa shape index (κ1) is 13.1.